The van der Waals surface area contributed by atoms with Crippen LogP contribution in [0.2, 0.25) is 0 Å². The SMILES string of the molecule is CCNC(=NCCSCc1ccc(C)cc1)NCC.I. The monoisotopic (exact) mass is 407 g/mol. The van der Waals surface area contributed by atoms with E-state index in [0.717, 1.165) is 37.1 Å². The number of nitrogens with zero attached hydrogens (tertiary/aromatic N) is 1. The minimum atomic E-state index is 0. The molecule has 0 atom stereocenters. The van der Waals surface area contributed by atoms with Crippen LogP contribution in [-0.4, -0.2) is 31.3 Å². The van der Waals surface area contributed by atoms with Crippen LogP contribution in [0.25, 0.3) is 0 Å². The Morgan fingerprint density at radius 2 is 1.70 bits per heavy atom. The molecule has 0 fully saturated rings. The summed E-state index contributed by atoms with van der Waals surface area (Å²) in [5.74, 6) is 3.03. The van der Waals surface area contributed by atoms with Gasteiger partial charge in [0.25, 0.3) is 0 Å². The molecular weight excluding hydrogens is 381 g/mol. The zero-order chi connectivity index (χ0) is 13.9. The second-order valence-electron chi connectivity index (χ2n) is 4.33. The summed E-state index contributed by atoms with van der Waals surface area (Å²) in [6, 6.07) is 8.74. The highest BCUT2D eigenvalue weighted by molar-refractivity contribution is 14.0. The van der Waals surface area contributed by atoms with E-state index in [1.165, 1.54) is 11.1 Å². The maximum Gasteiger partial charge on any atom is 0.191 e. The zero-order valence-corrected chi connectivity index (χ0v) is 15.8. The molecule has 1 rings (SSSR count). The number of rotatable bonds is 7. The van der Waals surface area contributed by atoms with Gasteiger partial charge in [-0.1, -0.05) is 29.8 Å². The maximum absolute atomic E-state index is 4.52. The van der Waals surface area contributed by atoms with Crippen molar-refractivity contribution in [3.8, 4) is 0 Å². The number of hydrogen-bond acceptors (Lipinski definition) is 2. The van der Waals surface area contributed by atoms with Gasteiger partial charge in [0.1, 0.15) is 0 Å². The molecule has 0 saturated carbocycles. The van der Waals surface area contributed by atoms with Crippen LogP contribution >= 0.6 is 35.7 Å². The van der Waals surface area contributed by atoms with Crippen molar-refractivity contribution in [2.45, 2.75) is 26.5 Å². The van der Waals surface area contributed by atoms with Gasteiger partial charge in [0.2, 0.25) is 0 Å². The van der Waals surface area contributed by atoms with Crippen molar-refractivity contribution < 1.29 is 0 Å². The molecule has 1 aromatic rings. The maximum atomic E-state index is 4.52. The molecule has 0 spiro atoms. The van der Waals surface area contributed by atoms with Gasteiger partial charge in [0.15, 0.2) is 5.96 Å². The lowest BCUT2D eigenvalue weighted by atomic mass is 10.2. The van der Waals surface area contributed by atoms with Gasteiger partial charge in [-0.15, -0.1) is 24.0 Å². The fourth-order valence-electron chi connectivity index (χ4n) is 1.61. The molecule has 0 aliphatic carbocycles. The van der Waals surface area contributed by atoms with Crippen molar-refractivity contribution in [2.75, 3.05) is 25.4 Å². The summed E-state index contributed by atoms with van der Waals surface area (Å²) in [5.41, 5.74) is 2.71. The predicted molar refractivity (Wildman–Crippen MR) is 102 cm³/mol. The van der Waals surface area contributed by atoms with E-state index in [1.54, 1.807) is 0 Å². The smallest absolute Gasteiger partial charge is 0.191 e. The Kier molecular flexibility index (Phi) is 12.1. The molecule has 0 aliphatic rings. The highest BCUT2D eigenvalue weighted by Gasteiger charge is 1.95. The van der Waals surface area contributed by atoms with Crippen molar-refractivity contribution in [2.24, 2.45) is 4.99 Å². The molecule has 2 N–H and O–H groups in total. The molecule has 0 aromatic heterocycles. The number of halogens is 1. The van der Waals surface area contributed by atoms with Crippen LogP contribution < -0.4 is 10.6 Å². The molecule has 0 bridgehead atoms. The fourth-order valence-corrected chi connectivity index (χ4v) is 2.40. The third-order valence-electron chi connectivity index (χ3n) is 2.58. The standard InChI is InChI=1S/C15H25N3S.HI/c1-4-16-15(17-5-2)18-10-11-19-12-14-8-6-13(3)7-9-14;/h6-9H,4-5,10-12H2,1-3H3,(H2,16,17,18);1H. The second-order valence-corrected chi connectivity index (χ2v) is 5.43. The van der Waals surface area contributed by atoms with Crippen molar-refractivity contribution in [3.63, 3.8) is 0 Å². The van der Waals surface area contributed by atoms with Crippen molar-refractivity contribution in [1.29, 1.82) is 0 Å². The number of hydrogen-bond donors (Lipinski definition) is 2. The Labute approximate surface area is 144 Å². The number of guanidine groups is 1. The van der Waals surface area contributed by atoms with E-state index in [9.17, 15) is 0 Å². The zero-order valence-electron chi connectivity index (χ0n) is 12.6. The van der Waals surface area contributed by atoms with Gasteiger partial charge in [0.05, 0.1) is 6.54 Å². The highest BCUT2D eigenvalue weighted by atomic mass is 127. The summed E-state index contributed by atoms with van der Waals surface area (Å²) in [6.45, 7) is 8.95. The lowest BCUT2D eigenvalue weighted by Crippen LogP contribution is -2.37. The fraction of sp³-hybridized carbons (Fsp3) is 0.533. The summed E-state index contributed by atoms with van der Waals surface area (Å²) in [6.07, 6.45) is 0. The van der Waals surface area contributed by atoms with Gasteiger partial charge in [-0.25, -0.2) is 0 Å². The Morgan fingerprint density at radius 1 is 1.10 bits per heavy atom. The molecule has 0 aliphatic heterocycles. The molecule has 3 nitrogen and oxygen atoms in total. The van der Waals surface area contributed by atoms with Gasteiger partial charge in [0, 0.05) is 24.6 Å². The minimum Gasteiger partial charge on any atom is -0.357 e. The first-order valence-corrected chi connectivity index (χ1v) is 8.07. The predicted octanol–water partition coefficient (Wildman–Crippen LogP) is 3.42. The molecule has 20 heavy (non-hydrogen) atoms. The first-order valence-electron chi connectivity index (χ1n) is 6.91. The summed E-state index contributed by atoms with van der Waals surface area (Å²) in [7, 11) is 0. The normalized spacial score (nSPS) is 9.55. The van der Waals surface area contributed by atoms with Crippen LogP contribution in [0, 0.1) is 6.92 Å². The number of aryl methyl sites for hydroxylation is 1. The molecular formula is C15H26IN3S. The van der Waals surface area contributed by atoms with Crippen LogP contribution in [0.4, 0.5) is 0 Å². The average Bonchev–Trinajstić information content (AvgIpc) is 2.41. The van der Waals surface area contributed by atoms with Gasteiger partial charge in [-0.2, -0.15) is 11.8 Å². The van der Waals surface area contributed by atoms with E-state index in [1.807, 2.05) is 11.8 Å². The number of benzene rings is 1. The van der Waals surface area contributed by atoms with Gasteiger partial charge < -0.3 is 10.6 Å². The van der Waals surface area contributed by atoms with Crippen LogP contribution in [-0.2, 0) is 5.75 Å². The Balaban J connectivity index is 0.00000361. The summed E-state index contributed by atoms with van der Waals surface area (Å²) >= 11 is 1.93. The van der Waals surface area contributed by atoms with Gasteiger partial charge in [-0.05, 0) is 26.3 Å². The molecule has 1 aromatic carbocycles. The van der Waals surface area contributed by atoms with Crippen LogP contribution in [0.3, 0.4) is 0 Å². The Bertz CT molecular complexity index is 371. The molecule has 0 radical (unpaired) electrons. The quantitative estimate of drug-likeness (QED) is 0.315. The number of aliphatic imine (C=N–C) groups is 1. The lowest BCUT2D eigenvalue weighted by Gasteiger charge is -2.08. The van der Waals surface area contributed by atoms with E-state index >= 15 is 0 Å². The van der Waals surface area contributed by atoms with Crippen LogP contribution in [0.5, 0.6) is 0 Å². The Hall–Kier alpha value is -0.430. The van der Waals surface area contributed by atoms with Crippen LogP contribution in [0.1, 0.15) is 25.0 Å². The van der Waals surface area contributed by atoms with E-state index in [2.05, 4.69) is 60.7 Å². The minimum absolute atomic E-state index is 0. The largest absolute Gasteiger partial charge is 0.357 e. The molecule has 0 heterocycles. The van der Waals surface area contributed by atoms with E-state index in [0.29, 0.717) is 0 Å². The van der Waals surface area contributed by atoms with Gasteiger partial charge >= 0.3 is 0 Å². The molecule has 0 unspecified atom stereocenters. The first-order chi connectivity index (χ1) is 9.26. The highest BCUT2D eigenvalue weighted by Crippen LogP contribution is 2.12. The molecule has 0 saturated heterocycles. The third kappa shape index (κ3) is 8.68. The second kappa shape index (κ2) is 12.3. The van der Waals surface area contributed by atoms with Crippen LogP contribution in [0.15, 0.2) is 29.3 Å². The molecule has 114 valence electrons. The van der Waals surface area contributed by atoms with E-state index in [4.69, 9.17) is 0 Å². The van der Waals surface area contributed by atoms with Gasteiger partial charge in [-0.3, -0.25) is 4.99 Å². The first kappa shape index (κ1) is 19.6. The summed E-state index contributed by atoms with van der Waals surface area (Å²) in [4.78, 5) is 4.52. The van der Waals surface area contributed by atoms with E-state index < -0.39 is 0 Å². The van der Waals surface area contributed by atoms with E-state index in [-0.39, 0.29) is 24.0 Å². The summed E-state index contributed by atoms with van der Waals surface area (Å²) in [5, 5.41) is 6.46. The topological polar surface area (TPSA) is 36.4 Å². The number of thioether (sulfide) groups is 1. The summed E-state index contributed by atoms with van der Waals surface area (Å²) < 4.78 is 0. The van der Waals surface area contributed by atoms with Crippen molar-refractivity contribution >= 4 is 41.7 Å². The van der Waals surface area contributed by atoms with Crippen molar-refractivity contribution in [1.82, 2.24) is 10.6 Å². The lowest BCUT2D eigenvalue weighted by molar-refractivity contribution is 0.846. The van der Waals surface area contributed by atoms with Crippen molar-refractivity contribution in [3.05, 3.63) is 35.4 Å². The molecule has 0 amide bonds. The number of nitrogens with one attached hydrogen (secondary N) is 2. The third-order valence-corrected chi connectivity index (χ3v) is 3.59. The Morgan fingerprint density at radius 3 is 2.25 bits per heavy atom. The average molecular weight is 407 g/mol. The molecule has 5 heteroatoms.